The Bertz CT molecular complexity index is 673. The van der Waals surface area contributed by atoms with Gasteiger partial charge in [0.2, 0.25) is 0 Å². The fourth-order valence-electron chi connectivity index (χ4n) is 2.13. The Labute approximate surface area is 138 Å². The standard InChI is InChI=1S/C17H18BrNO3/c1-11(12-8-9-15(21-2)16(10-12)22-3)19-17(20)13-6-4-5-7-14(13)18/h4-11H,1-3H3,(H,19,20)/t11-/m0/s1. The molecule has 2 rings (SSSR count). The van der Waals surface area contributed by atoms with E-state index in [0.29, 0.717) is 17.1 Å². The number of rotatable bonds is 5. The number of nitrogens with one attached hydrogen (secondary N) is 1. The molecule has 0 radical (unpaired) electrons. The molecule has 0 aliphatic heterocycles. The van der Waals surface area contributed by atoms with E-state index in [4.69, 9.17) is 9.47 Å². The van der Waals surface area contributed by atoms with Gasteiger partial charge < -0.3 is 14.8 Å². The van der Waals surface area contributed by atoms with Gasteiger partial charge in [-0.2, -0.15) is 0 Å². The summed E-state index contributed by atoms with van der Waals surface area (Å²) in [6.07, 6.45) is 0. The van der Waals surface area contributed by atoms with Crippen LogP contribution in [0.15, 0.2) is 46.9 Å². The van der Waals surface area contributed by atoms with Gasteiger partial charge in [-0.1, -0.05) is 18.2 Å². The third-order valence-corrected chi connectivity index (χ3v) is 4.07. The van der Waals surface area contributed by atoms with Gasteiger partial charge >= 0.3 is 0 Å². The molecule has 22 heavy (non-hydrogen) atoms. The minimum atomic E-state index is -0.153. The summed E-state index contributed by atoms with van der Waals surface area (Å²) >= 11 is 3.39. The zero-order valence-electron chi connectivity index (χ0n) is 12.7. The van der Waals surface area contributed by atoms with Gasteiger partial charge in [-0.15, -0.1) is 0 Å². The van der Waals surface area contributed by atoms with Crippen molar-refractivity contribution in [1.29, 1.82) is 0 Å². The Kier molecular flexibility index (Phi) is 5.44. The van der Waals surface area contributed by atoms with Crippen LogP contribution in [0.5, 0.6) is 11.5 Å². The number of carbonyl (C=O) groups excluding carboxylic acids is 1. The first kappa shape index (κ1) is 16.4. The van der Waals surface area contributed by atoms with Crippen LogP contribution in [0.1, 0.15) is 28.9 Å². The topological polar surface area (TPSA) is 47.6 Å². The molecule has 1 amide bonds. The highest BCUT2D eigenvalue weighted by Crippen LogP contribution is 2.30. The minimum Gasteiger partial charge on any atom is -0.493 e. The number of hydrogen-bond donors (Lipinski definition) is 1. The first-order valence-corrected chi connectivity index (χ1v) is 7.63. The molecule has 0 unspecified atom stereocenters. The molecule has 1 N–H and O–H groups in total. The molecule has 0 heterocycles. The predicted molar refractivity (Wildman–Crippen MR) is 89.6 cm³/mol. The Balaban J connectivity index is 2.17. The van der Waals surface area contributed by atoms with Gasteiger partial charge in [0, 0.05) is 4.47 Å². The van der Waals surface area contributed by atoms with Gasteiger partial charge in [0.15, 0.2) is 11.5 Å². The third-order valence-electron chi connectivity index (χ3n) is 3.37. The van der Waals surface area contributed by atoms with E-state index in [1.165, 1.54) is 0 Å². The Hall–Kier alpha value is -2.01. The van der Waals surface area contributed by atoms with Crippen LogP contribution in [0.3, 0.4) is 0 Å². The Morgan fingerprint density at radius 3 is 2.41 bits per heavy atom. The maximum atomic E-state index is 12.3. The Morgan fingerprint density at radius 2 is 1.77 bits per heavy atom. The van der Waals surface area contributed by atoms with Gasteiger partial charge in [-0.05, 0) is 52.7 Å². The van der Waals surface area contributed by atoms with E-state index in [9.17, 15) is 4.79 Å². The van der Waals surface area contributed by atoms with E-state index in [0.717, 1.165) is 10.0 Å². The molecule has 0 saturated carbocycles. The van der Waals surface area contributed by atoms with Crippen molar-refractivity contribution < 1.29 is 14.3 Å². The summed E-state index contributed by atoms with van der Waals surface area (Å²) in [5.74, 6) is 1.17. The molecule has 0 spiro atoms. The summed E-state index contributed by atoms with van der Waals surface area (Å²) < 4.78 is 11.3. The summed E-state index contributed by atoms with van der Waals surface area (Å²) in [5.41, 5.74) is 1.55. The maximum Gasteiger partial charge on any atom is 0.252 e. The van der Waals surface area contributed by atoms with E-state index in [2.05, 4.69) is 21.2 Å². The summed E-state index contributed by atoms with van der Waals surface area (Å²) in [4.78, 5) is 12.3. The van der Waals surface area contributed by atoms with Gasteiger partial charge in [-0.25, -0.2) is 0 Å². The van der Waals surface area contributed by atoms with Gasteiger partial charge in [0.05, 0.1) is 25.8 Å². The van der Waals surface area contributed by atoms with Crippen molar-refractivity contribution in [2.24, 2.45) is 0 Å². The summed E-state index contributed by atoms with van der Waals surface area (Å²) in [5, 5.41) is 2.98. The molecule has 116 valence electrons. The smallest absolute Gasteiger partial charge is 0.252 e. The van der Waals surface area contributed by atoms with Crippen molar-refractivity contribution >= 4 is 21.8 Å². The molecular weight excluding hydrogens is 346 g/mol. The van der Waals surface area contributed by atoms with Crippen molar-refractivity contribution in [3.63, 3.8) is 0 Å². The molecule has 1 atom stereocenters. The SMILES string of the molecule is COc1ccc([C@H](C)NC(=O)c2ccccc2Br)cc1OC. The number of ether oxygens (including phenoxy) is 2. The van der Waals surface area contributed by atoms with E-state index in [-0.39, 0.29) is 11.9 Å². The predicted octanol–water partition coefficient (Wildman–Crippen LogP) is 3.96. The summed E-state index contributed by atoms with van der Waals surface area (Å²) in [6.45, 7) is 1.93. The van der Waals surface area contributed by atoms with E-state index in [1.807, 2.05) is 43.3 Å². The first-order chi connectivity index (χ1) is 10.6. The van der Waals surface area contributed by atoms with Crippen LogP contribution in [-0.2, 0) is 0 Å². The second kappa shape index (κ2) is 7.31. The highest BCUT2D eigenvalue weighted by atomic mass is 79.9. The molecule has 0 saturated heterocycles. The second-order valence-electron chi connectivity index (χ2n) is 4.79. The van der Waals surface area contributed by atoms with Gasteiger partial charge in [0.1, 0.15) is 0 Å². The highest BCUT2D eigenvalue weighted by molar-refractivity contribution is 9.10. The lowest BCUT2D eigenvalue weighted by Gasteiger charge is -2.17. The lowest BCUT2D eigenvalue weighted by Crippen LogP contribution is -2.26. The molecule has 4 nitrogen and oxygen atoms in total. The zero-order valence-corrected chi connectivity index (χ0v) is 14.3. The lowest BCUT2D eigenvalue weighted by molar-refractivity contribution is 0.0939. The maximum absolute atomic E-state index is 12.3. The van der Waals surface area contributed by atoms with Crippen LogP contribution in [-0.4, -0.2) is 20.1 Å². The summed E-state index contributed by atoms with van der Waals surface area (Å²) in [7, 11) is 3.18. The van der Waals surface area contributed by atoms with Crippen LogP contribution in [0.4, 0.5) is 0 Å². The van der Waals surface area contributed by atoms with Crippen LogP contribution in [0.2, 0.25) is 0 Å². The molecule has 0 fully saturated rings. The molecule has 0 bridgehead atoms. The number of halogens is 1. The zero-order chi connectivity index (χ0) is 16.1. The van der Waals surface area contributed by atoms with Crippen molar-refractivity contribution in [3.8, 4) is 11.5 Å². The number of carbonyl (C=O) groups is 1. The number of hydrogen-bond acceptors (Lipinski definition) is 3. The Morgan fingerprint density at radius 1 is 1.09 bits per heavy atom. The normalized spacial score (nSPS) is 11.6. The molecule has 0 aromatic heterocycles. The molecule has 5 heteroatoms. The van der Waals surface area contributed by atoms with Crippen LogP contribution >= 0.6 is 15.9 Å². The second-order valence-corrected chi connectivity index (χ2v) is 5.64. The molecule has 0 aliphatic carbocycles. The monoisotopic (exact) mass is 363 g/mol. The fourth-order valence-corrected chi connectivity index (χ4v) is 2.59. The van der Waals surface area contributed by atoms with Crippen molar-refractivity contribution in [3.05, 3.63) is 58.1 Å². The first-order valence-electron chi connectivity index (χ1n) is 6.84. The van der Waals surface area contributed by atoms with Gasteiger partial charge in [0.25, 0.3) is 5.91 Å². The summed E-state index contributed by atoms with van der Waals surface area (Å²) in [6, 6.07) is 12.8. The largest absolute Gasteiger partial charge is 0.493 e. The fraction of sp³-hybridized carbons (Fsp3) is 0.235. The minimum absolute atomic E-state index is 0.130. The van der Waals surface area contributed by atoms with Gasteiger partial charge in [-0.3, -0.25) is 4.79 Å². The average Bonchev–Trinajstić information content (AvgIpc) is 2.54. The van der Waals surface area contributed by atoms with Crippen molar-refractivity contribution in [1.82, 2.24) is 5.32 Å². The van der Waals surface area contributed by atoms with Crippen LogP contribution < -0.4 is 14.8 Å². The average molecular weight is 364 g/mol. The quantitative estimate of drug-likeness (QED) is 0.874. The van der Waals surface area contributed by atoms with Crippen molar-refractivity contribution in [2.75, 3.05) is 14.2 Å². The molecule has 2 aromatic carbocycles. The number of amides is 1. The van der Waals surface area contributed by atoms with E-state index >= 15 is 0 Å². The highest BCUT2D eigenvalue weighted by Gasteiger charge is 2.15. The van der Waals surface area contributed by atoms with Crippen molar-refractivity contribution in [2.45, 2.75) is 13.0 Å². The molecule has 0 aliphatic rings. The lowest BCUT2D eigenvalue weighted by atomic mass is 10.1. The number of methoxy groups -OCH3 is 2. The van der Waals surface area contributed by atoms with E-state index < -0.39 is 0 Å². The van der Waals surface area contributed by atoms with Crippen LogP contribution in [0.25, 0.3) is 0 Å². The molecule has 2 aromatic rings. The molecular formula is C17H18BrNO3. The number of benzene rings is 2. The van der Waals surface area contributed by atoms with E-state index in [1.54, 1.807) is 20.3 Å². The third kappa shape index (κ3) is 3.60. The van der Waals surface area contributed by atoms with Crippen LogP contribution in [0, 0.1) is 0 Å².